The van der Waals surface area contributed by atoms with E-state index in [1.54, 1.807) is 0 Å². The van der Waals surface area contributed by atoms with Crippen LogP contribution in [0.15, 0.2) is 60.7 Å². The second kappa shape index (κ2) is 23.7. The normalized spacial score (nSPS) is 13.1. The molecule has 14 heteroatoms. The Kier molecular flexibility index (Phi) is 19.7. The summed E-state index contributed by atoms with van der Waals surface area (Å²) in [6, 6.07) is 14.8. The molecule has 0 aliphatic rings. The maximum atomic E-state index is 13.6. The topological polar surface area (TPSA) is 181 Å². The molecule has 5 N–H and O–H groups in total. The fourth-order valence-electron chi connectivity index (χ4n) is 5.02. The van der Waals surface area contributed by atoms with E-state index >= 15 is 0 Å². The average Bonchev–Trinajstić information content (AvgIpc) is 3.11. The Hall–Kier alpha value is -4.59. The molecule has 0 unspecified atom stereocenters. The summed E-state index contributed by atoms with van der Waals surface area (Å²) in [5, 5.41) is 13.5. The van der Waals surface area contributed by atoms with Crippen molar-refractivity contribution in [3.63, 3.8) is 0 Å². The van der Waals surface area contributed by atoms with Crippen molar-refractivity contribution in [2.24, 2.45) is 5.92 Å². The summed E-state index contributed by atoms with van der Waals surface area (Å²) in [5.41, 5.74) is 1.63. The summed E-state index contributed by atoms with van der Waals surface area (Å²) in [5.74, 6) is -1.32. The number of ether oxygens (including phenoxy) is 2. The molecule has 5 amide bonds. The van der Waals surface area contributed by atoms with Crippen molar-refractivity contribution < 1.29 is 38.2 Å². The first-order chi connectivity index (χ1) is 24.1. The molecule has 0 bridgehead atoms. The third-order valence-corrected chi connectivity index (χ3v) is 8.31. The molecule has 0 fully saturated rings. The fourth-order valence-corrected chi connectivity index (χ4v) is 5.49. The molecular formula is C36H51N5O8S. The molecule has 2 aromatic rings. The first-order valence-corrected chi connectivity index (χ1v) is 18.1. The largest absolute Gasteiger partial charge is 0.467 e. The van der Waals surface area contributed by atoms with E-state index in [9.17, 15) is 28.8 Å². The first-order valence-electron chi connectivity index (χ1n) is 16.7. The quantitative estimate of drug-likeness (QED) is 0.0658. The van der Waals surface area contributed by atoms with Crippen LogP contribution in [0.1, 0.15) is 57.1 Å². The molecule has 50 heavy (non-hydrogen) atoms. The number of alkyl carbamates (subject to hydrolysis) is 1. The minimum absolute atomic E-state index is 0.0464. The summed E-state index contributed by atoms with van der Waals surface area (Å²) in [7, 11) is 1.23. The summed E-state index contributed by atoms with van der Waals surface area (Å²) in [6.45, 7) is 4.13. The highest BCUT2D eigenvalue weighted by Crippen LogP contribution is 2.10. The average molecular weight is 714 g/mol. The van der Waals surface area contributed by atoms with Gasteiger partial charge in [-0.15, -0.1) is 0 Å². The minimum atomic E-state index is -0.944. The predicted molar refractivity (Wildman–Crippen MR) is 192 cm³/mol. The summed E-state index contributed by atoms with van der Waals surface area (Å²) < 4.78 is 10.1. The number of thioether (sulfide) groups is 1. The van der Waals surface area contributed by atoms with Gasteiger partial charge in [0.25, 0.3) is 0 Å². The molecule has 2 rings (SSSR count). The molecule has 0 aliphatic carbocycles. The van der Waals surface area contributed by atoms with E-state index in [4.69, 9.17) is 9.47 Å². The van der Waals surface area contributed by atoms with E-state index in [-0.39, 0.29) is 31.9 Å². The van der Waals surface area contributed by atoms with Crippen LogP contribution in [0.4, 0.5) is 4.79 Å². The lowest BCUT2D eigenvalue weighted by atomic mass is 10.0. The summed E-state index contributed by atoms with van der Waals surface area (Å²) >= 11 is 1.54. The smallest absolute Gasteiger partial charge is 0.408 e. The Morgan fingerprint density at radius 3 is 1.98 bits per heavy atom. The van der Waals surface area contributed by atoms with E-state index in [1.807, 2.05) is 80.8 Å². The highest BCUT2D eigenvalue weighted by molar-refractivity contribution is 7.98. The number of hydrogen-bond donors (Lipinski definition) is 5. The Morgan fingerprint density at radius 1 is 0.760 bits per heavy atom. The van der Waals surface area contributed by atoms with Crippen molar-refractivity contribution in [1.82, 2.24) is 26.6 Å². The molecule has 0 saturated carbocycles. The second-order valence-electron chi connectivity index (χ2n) is 12.1. The van der Waals surface area contributed by atoms with Gasteiger partial charge in [-0.1, -0.05) is 74.5 Å². The number of amides is 5. The van der Waals surface area contributed by atoms with Crippen LogP contribution in [0.2, 0.25) is 0 Å². The third-order valence-electron chi connectivity index (χ3n) is 7.66. The highest BCUT2D eigenvalue weighted by atomic mass is 32.2. The Balaban J connectivity index is 2.01. The van der Waals surface area contributed by atoms with Gasteiger partial charge in [-0.25, -0.2) is 9.59 Å². The van der Waals surface area contributed by atoms with Gasteiger partial charge in [-0.2, -0.15) is 11.8 Å². The van der Waals surface area contributed by atoms with Crippen molar-refractivity contribution in [3.8, 4) is 0 Å². The fraction of sp³-hybridized carbons (Fsp3) is 0.500. The van der Waals surface area contributed by atoms with E-state index in [0.717, 1.165) is 11.1 Å². The molecule has 274 valence electrons. The lowest BCUT2D eigenvalue weighted by Gasteiger charge is -2.26. The van der Waals surface area contributed by atoms with E-state index in [2.05, 4.69) is 26.6 Å². The molecule has 0 saturated heterocycles. The van der Waals surface area contributed by atoms with Gasteiger partial charge in [0.1, 0.15) is 30.8 Å². The van der Waals surface area contributed by atoms with Gasteiger partial charge < -0.3 is 36.1 Å². The van der Waals surface area contributed by atoms with Gasteiger partial charge in [-0.05, 0) is 61.2 Å². The standard InChI is InChI=1S/C36H51N5O8S/c1-25(2)21-30(39-33(44)28(38-24-42)18-20-50-4)34(45)40-31(22-26-13-7-5-8-14-26)32(43)37-19-12-11-17-29(35(46)48-3)41-36(47)49-23-27-15-9-6-10-16-27/h5-10,13-16,24-25,28-31H,11-12,17-23H2,1-4H3,(H,37,43)(H,38,42)(H,39,44)(H,40,45)(H,41,47)/t28-,29-,30-,31-/m0/s1. The van der Waals surface area contributed by atoms with Gasteiger partial charge in [0.05, 0.1) is 7.11 Å². The molecule has 0 aliphatic heterocycles. The second-order valence-corrected chi connectivity index (χ2v) is 13.1. The molecule has 13 nitrogen and oxygen atoms in total. The van der Waals surface area contributed by atoms with Crippen LogP contribution in [0.5, 0.6) is 0 Å². The maximum Gasteiger partial charge on any atom is 0.408 e. The molecule has 2 aromatic carbocycles. The predicted octanol–water partition coefficient (Wildman–Crippen LogP) is 2.87. The summed E-state index contributed by atoms with van der Waals surface area (Å²) in [4.78, 5) is 75.8. The molecule has 0 radical (unpaired) electrons. The lowest BCUT2D eigenvalue weighted by Crippen LogP contribution is -2.57. The number of benzene rings is 2. The number of methoxy groups -OCH3 is 1. The number of carbonyl (C=O) groups is 6. The van der Waals surface area contributed by atoms with Crippen molar-refractivity contribution in [2.75, 3.05) is 25.7 Å². The van der Waals surface area contributed by atoms with Gasteiger partial charge in [0, 0.05) is 13.0 Å². The number of hydrogen-bond acceptors (Lipinski definition) is 9. The molecule has 4 atom stereocenters. The molecule has 0 aromatic heterocycles. The number of unbranched alkanes of at least 4 members (excludes halogenated alkanes) is 1. The van der Waals surface area contributed by atoms with E-state index < -0.39 is 54.0 Å². The first kappa shape index (κ1) is 41.6. The van der Waals surface area contributed by atoms with Crippen LogP contribution in [-0.2, 0) is 46.5 Å². The van der Waals surface area contributed by atoms with Gasteiger partial charge in [-0.3, -0.25) is 19.2 Å². The van der Waals surface area contributed by atoms with Crippen molar-refractivity contribution >= 4 is 48.0 Å². The van der Waals surface area contributed by atoms with Crippen molar-refractivity contribution in [3.05, 3.63) is 71.8 Å². The Bertz CT molecular complexity index is 1350. The van der Waals surface area contributed by atoms with Crippen LogP contribution < -0.4 is 26.6 Å². The van der Waals surface area contributed by atoms with Crippen LogP contribution >= 0.6 is 11.8 Å². The van der Waals surface area contributed by atoms with Crippen LogP contribution in [-0.4, -0.2) is 86.0 Å². The Labute approximate surface area is 298 Å². The highest BCUT2D eigenvalue weighted by Gasteiger charge is 2.30. The number of nitrogens with one attached hydrogen (secondary N) is 5. The number of carbonyl (C=O) groups excluding carboxylic acids is 6. The number of esters is 1. The lowest BCUT2D eigenvalue weighted by molar-refractivity contribution is -0.143. The zero-order valence-corrected chi connectivity index (χ0v) is 30.1. The number of rotatable bonds is 23. The monoisotopic (exact) mass is 713 g/mol. The Morgan fingerprint density at radius 2 is 1.38 bits per heavy atom. The van der Waals surface area contributed by atoms with Crippen LogP contribution in [0.25, 0.3) is 0 Å². The SMILES string of the molecule is COC(=O)[C@H](CCCCNC(=O)[C@H](Cc1ccccc1)NC(=O)[C@H](CC(C)C)NC(=O)[C@H](CCSC)NC=O)NC(=O)OCc1ccccc1. The zero-order chi connectivity index (χ0) is 36.7. The van der Waals surface area contributed by atoms with E-state index in [0.29, 0.717) is 37.8 Å². The minimum Gasteiger partial charge on any atom is -0.467 e. The third kappa shape index (κ3) is 16.2. The van der Waals surface area contributed by atoms with Gasteiger partial charge in [0.15, 0.2) is 0 Å². The van der Waals surface area contributed by atoms with Crippen LogP contribution in [0, 0.1) is 5.92 Å². The van der Waals surface area contributed by atoms with Crippen molar-refractivity contribution in [1.29, 1.82) is 0 Å². The molecule has 0 spiro atoms. The van der Waals surface area contributed by atoms with Crippen LogP contribution in [0.3, 0.4) is 0 Å². The van der Waals surface area contributed by atoms with Gasteiger partial charge >= 0.3 is 12.1 Å². The molecular weight excluding hydrogens is 662 g/mol. The maximum absolute atomic E-state index is 13.6. The van der Waals surface area contributed by atoms with Crippen molar-refractivity contribution in [2.45, 2.75) is 83.1 Å². The zero-order valence-electron chi connectivity index (χ0n) is 29.3. The van der Waals surface area contributed by atoms with E-state index in [1.165, 1.54) is 18.9 Å². The van der Waals surface area contributed by atoms with Gasteiger partial charge in [0.2, 0.25) is 24.1 Å². The summed E-state index contributed by atoms with van der Waals surface area (Å²) in [6.07, 6.45) is 3.73. The molecule has 0 heterocycles.